The lowest BCUT2D eigenvalue weighted by molar-refractivity contribution is 0.0841. The van der Waals surface area contributed by atoms with Gasteiger partial charge in [0.25, 0.3) is 0 Å². The van der Waals surface area contributed by atoms with Gasteiger partial charge in [0.2, 0.25) is 0 Å². The zero-order valence-electron chi connectivity index (χ0n) is 8.32. The predicted molar refractivity (Wildman–Crippen MR) is 54.4 cm³/mol. The van der Waals surface area contributed by atoms with E-state index in [1.165, 1.54) is 5.56 Å². The molecule has 0 saturated heterocycles. The molecule has 0 bridgehead atoms. The summed E-state index contributed by atoms with van der Waals surface area (Å²) in [5.74, 6) is 0.972. The van der Waals surface area contributed by atoms with Gasteiger partial charge in [0, 0.05) is 25.8 Å². The third kappa shape index (κ3) is 2.05. The molecule has 1 aliphatic heterocycles. The number of para-hydroxylation sites is 1. The van der Waals surface area contributed by atoms with Crippen LogP contribution in [-0.4, -0.2) is 26.4 Å². The summed E-state index contributed by atoms with van der Waals surface area (Å²) in [5, 5.41) is 3.33. The van der Waals surface area contributed by atoms with E-state index in [1.807, 2.05) is 18.2 Å². The van der Waals surface area contributed by atoms with Crippen LogP contribution in [-0.2, 0) is 11.3 Å². The molecule has 1 unspecified atom stereocenters. The van der Waals surface area contributed by atoms with Gasteiger partial charge in [-0.2, -0.15) is 0 Å². The summed E-state index contributed by atoms with van der Waals surface area (Å²) in [4.78, 5) is 0. The molecular formula is C11H15NO2. The quantitative estimate of drug-likeness (QED) is 0.765. The Kier molecular flexibility index (Phi) is 3.01. The Bertz CT molecular complexity index is 301. The van der Waals surface area contributed by atoms with Crippen molar-refractivity contribution in [3.8, 4) is 5.75 Å². The second kappa shape index (κ2) is 4.44. The Morgan fingerprint density at radius 2 is 2.36 bits per heavy atom. The van der Waals surface area contributed by atoms with Crippen LogP contribution in [0.1, 0.15) is 5.56 Å². The Balaban J connectivity index is 2.14. The molecule has 2 rings (SSSR count). The summed E-state index contributed by atoms with van der Waals surface area (Å²) < 4.78 is 10.9. The van der Waals surface area contributed by atoms with Crippen molar-refractivity contribution in [1.82, 2.24) is 5.32 Å². The molecule has 0 aliphatic carbocycles. The smallest absolute Gasteiger partial charge is 0.134 e. The molecule has 0 amide bonds. The van der Waals surface area contributed by atoms with E-state index in [4.69, 9.17) is 9.47 Å². The lowest BCUT2D eigenvalue weighted by atomic mass is 10.2. The number of fused-ring (bicyclic) bond motifs is 1. The maximum absolute atomic E-state index is 5.81. The highest BCUT2D eigenvalue weighted by Crippen LogP contribution is 2.21. The van der Waals surface area contributed by atoms with Gasteiger partial charge in [0.1, 0.15) is 11.9 Å². The first-order valence-electron chi connectivity index (χ1n) is 4.84. The summed E-state index contributed by atoms with van der Waals surface area (Å²) in [6.45, 7) is 2.33. The molecule has 0 saturated carbocycles. The van der Waals surface area contributed by atoms with Gasteiger partial charge in [-0.05, 0) is 6.07 Å². The van der Waals surface area contributed by atoms with E-state index in [-0.39, 0.29) is 6.10 Å². The average molecular weight is 193 g/mol. The van der Waals surface area contributed by atoms with Crippen LogP contribution in [0.5, 0.6) is 5.75 Å². The van der Waals surface area contributed by atoms with E-state index in [1.54, 1.807) is 7.11 Å². The SMILES string of the molecule is COCC1CNCc2ccccc2O1. The van der Waals surface area contributed by atoms with Crippen LogP contribution in [0.25, 0.3) is 0 Å². The lowest BCUT2D eigenvalue weighted by Crippen LogP contribution is -2.32. The maximum Gasteiger partial charge on any atom is 0.134 e. The fourth-order valence-electron chi connectivity index (χ4n) is 1.63. The molecule has 1 N–H and O–H groups in total. The third-order valence-electron chi connectivity index (χ3n) is 2.31. The van der Waals surface area contributed by atoms with Crippen molar-refractivity contribution in [1.29, 1.82) is 0 Å². The maximum atomic E-state index is 5.81. The molecule has 3 heteroatoms. The number of rotatable bonds is 2. The highest BCUT2D eigenvalue weighted by atomic mass is 16.5. The van der Waals surface area contributed by atoms with Crippen LogP contribution in [0.2, 0.25) is 0 Å². The number of methoxy groups -OCH3 is 1. The van der Waals surface area contributed by atoms with E-state index < -0.39 is 0 Å². The zero-order chi connectivity index (χ0) is 9.80. The van der Waals surface area contributed by atoms with Crippen molar-refractivity contribution in [3.05, 3.63) is 29.8 Å². The van der Waals surface area contributed by atoms with Crippen LogP contribution < -0.4 is 10.1 Å². The Hall–Kier alpha value is -1.06. The summed E-state index contributed by atoms with van der Waals surface area (Å²) in [6.07, 6.45) is 0.114. The van der Waals surface area contributed by atoms with Crippen molar-refractivity contribution in [2.75, 3.05) is 20.3 Å². The number of hydrogen-bond donors (Lipinski definition) is 1. The number of nitrogens with one attached hydrogen (secondary N) is 1. The predicted octanol–water partition coefficient (Wildman–Crippen LogP) is 1.18. The Labute approximate surface area is 84.0 Å². The molecule has 0 spiro atoms. The standard InChI is InChI=1S/C11H15NO2/c1-13-8-10-7-12-6-9-4-2-3-5-11(9)14-10/h2-5,10,12H,6-8H2,1H3. The minimum Gasteiger partial charge on any atom is -0.486 e. The van der Waals surface area contributed by atoms with Crippen LogP contribution in [0, 0.1) is 0 Å². The minimum absolute atomic E-state index is 0.114. The molecule has 0 fully saturated rings. The van der Waals surface area contributed by atoms with E-state index in [0.29, 0.717) is 6.61 Å². The van der Waals surface area contributed by atoms with E-state index in [0.717, 1.165) is 18.8 Å². The fourth-order valence-corrected chi connectivity index (χ4v) is 1.63. The van der Waals surface area contributed by atoms with E-state index in [2.05, 4.69) is 11.4 Å². The molecule has 1 aromatic carbocycles. The summed E-state index contributed by atoms with van der Waals surface area (Å²) in [5.41, 5.74) is 1.21. The zero-order valence-corrected chi connectivity index (χ0v) is 8.32. The van der Waals surface area contributed by atoms with Gasteiger partial charge in [0.15, 0.2) is 0 Å². The van der Waals surface area contributed by atoms with Gasteiger partial charge < -0.3 is 14.8 Å². The minimum atomic E-state index is 0.114. The Morgan fingerprint density at radius 1 is 1.50 bits per heavy atom. The molecule has 1 heterocycles. The molecule has 0 radical (unpaired) electrons. The summed E-state index contributed by atoms with van der Waals surface area (Å²) >= 11 is 0. The van der Waals surface area contributed by atoms with Gasteiger partial charge in [-0.3, -0.25) is 0 Å². The highest BCUT2D eigenvalue weighted by Gasteiger charge is 2.16. The summed E-state index contributed by atoms with van der Waals surface area (Å²) in [7, 11) is 1.69. The molecule has 3 nitrogen and oxygen atoms in total. The van der Waals surface area contributed by atoms with E-state index >= 15 is 0 Å². The number of benzene rings is 1. The topological polar surface area (TPSA) is 30.5 Å². The summed E-state index contributed by atoms with van der Waals surface area (Å²) in [6, 6.07) is 8.11. The van der Waals surface area contributed by atoms with Crippen LogP contribution in [0.3, 0.4) is 0 Å². The van der Waals surface area contributed by atoms with Gasteiger partial charge in [-0.25, -0.2) is 0 Å². The Morgan fingerprint density at radius 3 is 3.21 bits per heavy atom. The molecule has 14 heavy (non-hydrogen) atoms. The third-order valence-corrected chi connectivity index (χ3v) is 2.31. The molecule has 76 valence electrons. The van der Waals surface area contributed by atoms with Gasteiger partial charge in [0.05, 0.1) is 6.61 Å². The molecular weight excluding hydrogens is 178 g/mol. The lowest BCUT2D eigenvalue weighted by Gasteiger charge is -2.15. The van der Waals surface area contributed by atoms with Gasteiger partial charge >= 0.3 is 0 Å². The van der Waals surface area contributed by atoms with Crippen molar-refractivity contribution in [3.63, 3.8) is 0 Å². The van der Waals surface area contributed by atoms with Crippen LogP contribution >= 0.6 is 0 Å². The normalized spacial score (nSPS) is 20.8. The van der Waals surface area contributed by atoms with Crippen molar-refractivity contribution >= 4 is 0 Å². The molecule has 1 aliphatic rings. The van der Waals surface area contributed by atoms with Crippen molar-refractivity contribution in [2.24, 2.45) is 0 Å². The number of ether oxygens (including phenoxy) is 2. The van der Waals surface area contributed by atoms with Crippen molar-refractivity contribution in [2.45, 2.75) is 12.6 Å². The second-order valence-electron chi connectivity index (χ2n) is 3.43. The van der Waals surface area contributed by atoms with Gasteiger partial charge in [-0.1, -0.05) is 18.2 Å². The van der Waals surface area contributed by atoms with Gasteiger partial charge in [-0.15, -0.1) is 0 Å². The monoisotopic (exact) mass is 193 g/mol. The first-order valence-corrected chi connectivity index (χ1v) is 4.84. The molecule has 1 aromatic rings. The average Bonchev–Trinajstić information content (AvgIpc) is 2.40. The fraction of sp³-hybridized carbons (Fsp3) is 0.455. The molecule has 0 aromatic heterocycles. The molecule has 1 atom stereocenters. The number of hydrogen-bond acceptors (Lipinski definition) is 3. The van der Waals surface area contributed by atoms with Crippen molar-refractivity contribution < 1.29 is 9.47 Å². The van der Waals surface area contributed by atoms with Crippen LogP contribution in [0.4, 0.5) is 0 Å². The first-order chi connectivity index (χ1) is 6.90. The highest BCUT2D eigenvalue weighted by molar-refractivity contribution is 5.34. The first kappa shape index (κ1) is 9.49. The van der Waals surface area contributed by atoms with E-state index in [9.17, 15) is 0 Å². The second-order valence-corrected chi connectivity index (χ2v) is 3.43. The largest absolute Gasteiger partial charge is 0.486 e. The van der Waals surface area contributed by atoms with Crippen LogP contribution in [0.15, 0.2) is 24.3 Å².